The largest absolute Gasteiger partial charge is 0.337 e. The molecule has 4 heteroatoms. The molecule has 0 aromatic carbocycles. The van der Waals surface area contributed by atoms with Gasteiger partial charge < -0.3 is 5.32 Å². The molecule has 1 heterocycles. The Bertz CT molecular complexity index is 179. The van der Waals surface area contributed by atoms with Crippen LogP contribution >= 0.6 is 0 Å². The maximum Gasteiger partial charge on any atom is 0.337 e. The zero-order valence-electron chi connectivity index (χ0n) is 7.42. The Morgan fingerprint density at radius 3 is 3.25 bits per heavy atom. The van der Waals surface area contributed by atoms with Crippen LogP contribution in [0.25, 0.3) is 0 Å². The van der Waals surface area contributed by atoms with Gasteiger partial charge in [-0.25, -0.2) is 9.80 Å². The van der Waals surface area contributed by atoms with Crippen molar-refractivity contribution in [1.82, 2.24) is 10.3 Å². The van der Waals surface area contributed by atoms with Crippen LogP contribution in [-0.2, 0) is 0 Å². The highest BCUT2D eigenvalue weighted by molar-refractivity contribution is 5.75. The van der Waals surface area contributed by atoms with E-state index in [-0.39, 0.29) is 6.03 Å². The summed E-state index contributed by atoms with van der Waals surface area (Å²) in [5, 5.41) is 8.27. The van der Waals surface area contributed by atoms with Crippen molar-refractivity contribution < 1.29 is 4.79 Å². The standard InChI is InChI=1S/C8H15N3O/c1-2-3-6-10-11-7-4-5-9-8(11)12/h6H,2-5,7H2,1H3,(H,9,12)/b10-6+. The van der Waals surface area contributed by atoms with Crippen molar-refractivity contribution in [2.75, 3.05) is 13.1 Å². The summed E-state index contributed by atoms with van der Waals surface area (Å²) >= 11 is 0. The van der Waals surface area contributed by atoms with Gasteiger partial charge in [-0.15, -0.1) is 0 Å². The molecule has 0 bridgehead atoms. The summed E-state index contributed by atoms with van der Waals surface area (Å²) < 4.78 is 0. The Balaban J connectivity index is 2.33. The second-order valence-electron chi connectivity index (χ2n) is 2.80. The van der Waals surface area contributed by atoms with Crippen LogP contribution in [0, 0.1) is 0 Å². The van der Waals surface area contributed by atoms with Gasteiger partial charge in [0.25, 0.3) is 0 Å². The molecule has 0 aromatic rings. The lowest BCUT2D eigenvalue weighted by Gasteiger charge is -2.22. The fraction of sp³-hybridized carbons (Fsp3) is 0.750. The molecular formula is C8H15N3O. The van der Waals surface area contributed by atoms with Crippen LogP contribution < -0.4 is 5.32 Å². The van der Waals surface area contributed by atoms with Crippen molar-refractivity contribution in [2.24, 2.45) is 5.10 Å². The van der Waals surface area contributed by atoms with Crippen molar-refractivity contribution in [2.45, 2.75) is 26.2 Å². The summed E-state index contributed by atoms with van der Waals surface area (Å²) in [5.41, 5.74) is 0. The van der Waals surface area contributed by atoms with Crippen LogP contribution in [0.15, 0.2) is 5.10 Å². The second kappa shape index (κ2) is 4.74. The summed E-state index contributed by atoms with van der Waals surface area (Å²) in [4.78, 5) is 11.1. The summed E-state index contributed by atoms with van der Waals surface area (Å²) in [6, 6.07) is -0.0754. The quantitative estimate of drug-likeness (QED) is 0.634. The van der Waals surface area contributed by atoms with Crippen LogP contribution in [0.2, 0.25) is 0 Å². The molecule has 2 amide bonds. The summed E-state index contributed by atoms with van der Waals surface area (Å²) in [6.07, 6.45) is 4.78. The Kier molecular flexibility index (Phi) is 3.57. The van der Waals surface area contributed by atoms with Gasteiger partial charge in [-0.1, -0.05) is 13.3 Å². The van der Waals surface area contributed by atoms with E-state index in [1.165, 1.54) is 5.01 Å². The predicted molar refractivity (Wildman–Crippen MR) is 48.1 cm³/mol. The number of hydrogen-bond donors (Lipinski definition) is 1. The first-order valence-corrected chi connectivity index (χ1v) is 4.42. The number of unbranched alkanes of at least 4 members (excludes halogenated alkanes) is 1. The molecule has 0 saturated carbocycles. The van der Waals surface area contributed by atoms with E-state index in [0.29, 0.717) is 0 Å². The fourth-order valence-electron chi connectivity index (χ4n) is 1.01. The zero-order valence-corrected chi connectivity index (χ0v) is 7.42. The van der Waals surface area contributed by atoms with E-state index in [4.69, 9.17) is 0 Å². The van der Waals surface area contributed by atoms with Crippen LogP contribution in [-0.4, -0.2) is 30.3 Å². The maximum absolute atomic E-state index is 11.1. The van der Waals surface area contributed by atoms with Gasteiger partial charge in [-0.2, -0.15) is 5.10 Å². The molecule has 0 atom stereocenters. The molecule has 1 saturated heterocycles. The zero-order chi connectivity index (χ0) is 8.81. The second-order valence-corrected chi connectivity index (χ2v) is 2.80. The number of hydrogen-bond acceptors (Lipinski definition) is 2. The number of nitrogens with zero attached hydrogens (tertiary/aromatic N) is 2. The molecule has 68 valence electrons. The van der Waals surface area contributed by atoms with Gasteiger partial charge in [0, 0.05) is 19.3 Å². The fourth-order valence-corrected chi connectivity index (χ4v) is 1.01. The highest BCUT2D eigenvalue weighted by atomic mass is 16.2. The number of urea groups is 1. The van der Waals surface area contributed by atoms with Crippen LogP contribution in [0.5, 0.6) is 0 Å². The van der Waals surface area contributed by atoms with E-state index < -0.39 is 0 Å². The van der Waals surface area contributed by atoms with Gasteiger partial charge in [-0.3, -0.25) is 0 Å². The molecular weight excluding hydrogens is 154 g/mol. The minimum Gasteiger partial charge on any atom is -0.336 e. The van der Waals surface area contributed by atoms with E-state index in [2.05, 4.69) is 17.3 Å². The van der Waals surface area contributed by atoms with E-state index in [1.807, 2.05) is 0 Å². The molecule has 1 aliphatic heterocycles. The highest BCUT2D eigenvalue weighted by Gasteiger charge is 2.15. The van der Waals surface area contributed by atoms with Crippen LogP contribution in [0.3, 0.4) is 0 Å². The third-order valence-corrected chi connectivity index (χ3v) is 1.70. The van der Waals surface area contributed by atoms with Gasteiger partial charge in [0.15, 0.2) is 0 Å². The molecule has 1 rings (SSSR count). The van der Waals surface area contributed by atoms with Crippen LogP contribution in [0.4, 0.5) is 4.79 Å². The average molecular weight is 169 g/mol. The number of rotatable bonds is 3. The van der Waals surface area contributed by atoms with E-state index in [9.17, 15) is 4.79 Å². The average Bonchev–Trinajstić information content (AvgIpc) is 2.09. The number of amides is 2. The molecule has 1 aliphatic rings. The van der Waals surface area contributed by atoms with Crippen molar-refractivity contribution in [3.63, 3.8) is 0 Å². The summed E-state index contributed by atoms with van der Waals surface area (Å²) in [6.45, 7) is 3.60. The first-order valence-electron chi connectivity index (χ1n) is 4.42. The highest BCUT2D eigenvalue weighted by Crippen LogP contribution is 1.98. The van der Waals surface area contributed by atoms with Gasteiger partial charge >= 0.3 is 6.03 Å². The topological polar surface area (TPSA) is 44.7 Å². The van der Waals surface area contributed by atoms with Crippen molar-refractivity contribution in [3.8, 4) is 0 Å². The Morgan fingerprint density at radius 1 is 1.75 bits per heavy atom. The lowest BCUT2D eigenvalue weighted by Crippen LogP contribution is -2.43. The molecule has 1 fully saturated rings. The van der Waals surface area contributed by atoms with Gasteiger partial charge in [-0.05, 0) is 12.8 Å². The summed E-state index contributed by atoms with van der Waals surface area (Å²) in [5.74, 6) is 0. The first-order chi connectivity index (χ1) is 5.84. The lowest BCUT2D eigenvalue weighted by molar-refractivity contribution is 0.189. The molecule has 0 unspecified atom stereocenters. The molecule has 0 aromatic heterocycles. The number of hydrazone groups is 1. The maximum atomic E-state index is 11.1. The van der Waals surface area contributed by atoms with E-state index in [1.54, 1.807) is 6.21 Å². The Morgan fingerprint density at radius 2 is 2.58 bits per heavy atom. The smallest absolute Gasteiger partial charge is 0.336 e. The molecule has 0 spiro atoms. The molecule has 1 N–H and O–H groups in total. The molecule has 0 radical (unpaired) electrons. The van der Waals surface area contributed by atoms with Crippen molar-refractivity contribution >= 4 is 12.2 Å². The first kappa shape index (κ1) is 9.03. The number of carbonyl (C=O) groups excluding carboxylic acids is 1. The Hall–Kier alpha value is -1.06. The number of nitrogens with one attached hydrogen (secondary N) is 1. The van der Waals surface area contributed by atoms with Gasteiger partial charge in [0.1, 0.15) is 0 Å². The lowest BCUT2D eigenvalue weighted by atomic mass is 10.3. The minimum absolute atomic E-state index is 0.0754. The third-order valence-electron chi connectivity index (χ3n) is 1.70. The Labute approximate surface area is 72.6 Å². The third kappa shape index (κ3) is 2.53. The predicted octanol–water partition coefficient (Wildman–Crippen LogP) is 1.19. The molecule has 0 aliphatic carbocycles. The van der Waals surface area contributed by atoms with Crippen LogP contribution in [0.1, 0.15) is 26.2 Å². The monoisotopic (exact) mass is 169 g/mol. The van der Waals surface area contributed by atoms with Gasteiger partial charge in [0.05, 0.1) is 0 Å². The summed E-state index contributed by atoms with van der Waals surface area (Å²) in [7, 11) is 0. The SMILES string of the molecule is CCC/C=N/N1CCCNC1=O. The van der Waals surface area contributed by atoms with Crippen molar-refractivity contribution in [1.29, 1.82) is 0 Å². The molecule has 12 heavy (non-hydrogen) atoms. The molecule has 4 nitrogen and oxygen atoms in total. The van der Waals surface area contributed by atoms with Crippen molar-refractivity contribution in [3.05, 3.63) is 0 Å². The minimum atomic E-state index is -0.0754. The number of carbonyl (C=O) groups is 1. The van der Waals surface area contributed by atoms with E-state index in [0.717, 1.165) is 32.4 Å². The van der Waals surface area contributed by atoms with E-state index >= 15 is 0 Å². The normalized spacial score (nSPS) is 18.4. The van der Waals surface area contributed by atoms with Gasteiger partial charge in [0.2, 0.25) is 0 Å².